The number of hydrogen-bond acceptors (Lipinski definition) is 5. The van der Waals surface area contributed by atoms with Gasteiger partial charge in [0.25, 0.3) is 5.91 Å². The van der Waals surface area contributed by atoms with E-state index in [9.17, 15) is 13.6 Å². The summed E-state index contributed by atoms with van der Waals surface area (Å²) in [7, 11) is 0. The minimum absolute atomic E-state index is 0.0955. The first-order valence-electron chi connectivity index (χ1n) is 8.80. The van der Waals surface area contributed by atoms with Crippen molar-refractivity contribution >= 4 is 46.1 Å². The van der Waals surface area contributed by atoms with E-state index in [0.717, 1.165) is 9.87 Å². The van der Waals surface area contributed by atoms with Gasteiger partial charge < -0.3 is 24.0 Å². The van der Waals surface area contributed by atoms with Crippen LogP contribution in [0.1, 0.15) is 15.9 Å². The number of aliphatic hydroxyl groups is 2. The van der Waals surface area contributed by atoms with E-state index in [-0.39, 0.29) is 38.8 Å². The highest BCUT2D eigenvalue weighted by Crippen LogP contribution is 2.26. The van der Waals surface area contributed by atoms with Crippen molar-refractivity contribution in [3.05, 3.63) is 63.6 Å². The molecule has 0 saturated carbocycles. The van der Waals surface area contributed by atoms with E-state index in [1.807, 2.05) is 0 Å². The van der Waals surface area contributed by atoms with Gasteiger partial charge in [0, 0.05) is 42.2 Å². The zero-order valence-electron chi connectivity index (χ0n) is 15.5. The second-order valence-electron chi connectivity index (χ2n) is 6.07. The van der Waals surface area contributed by atoms with E-state index in [1.54, 1.807) is 18.2 Å². The van der Waals surface area contributed by atoms with Gasteiger partial charge in [0.15, 0.2) is 0 Å². The highest BCUT2D eigenvalue weighted by Gasteiger charge is 2.16. The monoisotopic (exact) mass is 459 g/mol. The van der Waals surface area contributed by atoms with E-state index in [1.165, 1.54) is 29.2 Å². The second-order valence-corrected chi connectivity index (χ2v) is 7.73. The molecule has 0 heterocycles. The van der Waals surface area contributed by atoms with Crippen LogP contribution in [0.5, 0.6) is 0 Å². The van der Waals surface area contributed by atoms with Gasteiger partial charge in [-0.3, -0.25) is 9.00 Å². The number of carbonyl (C=O) groups is 1. The quantitative estimate of drug-likeness (QED) is 0.530. The number of benzene rings is 2. The fraction of sp³-hybridized carbons (Fsp3) is 0.316. The lowest BCUT2D eigenvalue weighted by Crippen LogP contribution is -2.35. The molecule has 0 aliphatic heterocycles. The van der Waals surface area contributed by atoms with Gasteiger partial charge in [-0.05, 0) is 42.3 Å². The molecule has 0 saturated heterocycles. The van der Waals surface area contributed by atoms with Crippen LogP contribution in [0.4, 0.5) is 5.69 Å². The van der Waals surface area contributed by atoms with Crippen molar-refractivity contribution in [3.63, 3.8) is 0 Å². The molecule has 0 radical (unpaired) electrons. The number of hydrogen-bond donors (Lipinski definition) is 2. The number of carbonyl (C=O) groups excluding carboxylic acids is 1. The Morgan fingerprint density at radius 1 is 1.00 bits per heavy atom. The van der Waals surface area contributed by atoms with Gasteiger partial charge >= 0.3 is 0 Å². The van der Waals surface area contributed by atoms with E-state index < -0.39 is 11.3 Å². The third-order valence-corrected chi connectivity index (χ3v) is 5.84. The Bertz CT molecular complexity index is 845. The van der Waals surface area contributed by atoms with Gasteiger partial charge in [-0.15, -0.1) is 0 Å². The lowest BCUT2D eigenvalue weighted by Gasteiger charge is -2.27. The number of aliphatic hydroxyl groups excluding tert-OH is 2. The summed E-state index contributed by atoms with van der Waals surface area (Å²) in [5, 5.41) is 18.9. The zero-order valence-corrected chi connectivity index (χ0v) is 17.8. The predicted molar refractivity (Wildman–Crippen MR) is 113 cm³/mol. The summed E-state index contributed by atoms with van der Waals surface area (Å²) in [6.45, 7) is -0.112. The minimum Gasteiger partial charge on any atom is -0.755 e. The van der Waals surface area contributed by atoms with Crippen molar-refractivity contribution in [2.45, 2.75) is 6.42 Å². The van der Waals surface area contributed by atoms with Crippen LogP contribution < -0.4 is 4.31 Å². The lowest BCUT2D eigenvalue weighted by atomic mass is 10.1. The fourth-order valence-electron chi connectivity index (χ4n) is 2.76. The molecular formula is C19H21Cl2N2O5S-. The first-order valence-corrected chi connectivity index (χ1v) is 10.6. The molecule has 158 valence electrons. The summed E-state index contributed by atoms with van der Waals surface area (Å²) in [4.78, 5) is 13.8. The van der Waals surface area contributed by atoms with Crippen LogP contribution in [0.25, 0.3) is 0 Å². The van der Waals surface area contributed by atoms with Crippen molar-refractivity contribution < 1.29 is 23.8 Å². The Morgan fingerprint density at radius 3 is 2.17 bits per heavy atom. The molecule has 0 aliphatic rings. The fourth-order valence-corrected chi connectivity index (χ4v) is 3.71. The Kier molecular flexibility index (Phi) is 9.35. The first kappa shape index (κ1) is 23.6. The number of rotatable bonds is 10. The van der Waals surface area contributed by atoms with Crippen molar-refractivity contribution in [3.8, 4) is 0 Å². The third kappa shape index (κ3) is 6.40. The summed E-state index contributed by atoms with van der Waals surface area (Å²) in [5.41, 5.74) is 1.44. The van der Waals surface area contributed by atoms with E-state index >= 15 is 0 Å². The second kappa shape index (κ2) is 11.5. The van der Waals surface area contributed by atoms with Crippen LogP contribution in [0.3, 0.4) is 0 Å². The van der Waals surface area contributed by atoms with Crippen LogP contribution in [0, 0.1) is 0 Å². The van der Waals surface area contributed by atoms with Crippen LogP contribution in [0.2, 0.25) is 10.0 Å². The smallest absolute Gasteiger partial charge is 0.254 e. The number of halogens is 2. The highest BCUT2D eigenvalue weighted by atomic mass is 35.5. The molecular weight excluding hydrogens is 439 g/mol. The van der Waals surface area contributed by atoms with E-state index in [0.29, 0.717) is 27.7 Å². The van der Waals surface area contributed by atoms with Crippen LogP contribution >= 0.6 is 23.2 Å². The number of anilines is 1. The molecule has 1 unspecified atom stereocenters. The van der Waals surface area contributed by atoms with Gasteiger partial charge in [0.1, 0.15) is 0 Å². The average molecular weight is 460 g/mol. The molecule has 2 aromatic rings. The molecule has 1 amide bonds. The summed E-state index contributed by atoms with van der Waals surface area (Å²) in [5.74, 6) is -0.361. The molecule has 2 N–H and O–H groups in total. The lowest BCUT2D eigenvalue weighted by molar-refractivity contribution is 0.0685. The summed E-state index contributed by atoms with van der Waals surface area (Å²) in [6, 6.07) is 11.2. The molecule has 0 bridgehead atoms. The Hall–Kier alpha value is -1.68. The van der Waals surface area contributed by atoms with Gasteiger partial charge in [-0.1, -0.05) is 35.3 Å². The zero-order chi connectivity index (χ0) is 21.4. The highest BCUT2D eigenvalue weighted by molar-refractivity contribution is 7.80. The molecule has 0 fully saturated rings. The molecule has 2 aromatic carbocycles. The SMILES string of the molecule is O=C(c1ccc(N(CCc2cccc(Cl)c2Cl)S(=O)[O-])cc1)N(CCO)CCO. The Balaban J connectivity index is 2.14. The van der Waals surface area contributed by atoms with Gasteiger partial charge in [0.05, 0.1) is 23.3 Å². The third-order valence-electron chi connectivity index (χ3n) is 4.23. The van der Waals surface area contributed by atoms with Crippen molar-refractivity contribution in [1.29, 1.82) is 0 Å². The largest absolute Gasteiger partial charge is 0.755 e. The van der Waals surface area contributed by atoms with Crippen molar-refractivity contribution in [2.75, 3.05) is 37.2 Å². The first-order chi connectivity index (χ1) is 13.9. The topological polar surface area (TPSA) is 104 Å². The summed E-state index contributed by atoms with van der Waals surface area (Å²) < 4.78 is 24.6. The molecule has 7 nitrogen and oxygen atoms in total. The summed E-state index contributed by atoms with van der Waals surface area (Å²) in [6.07, 6.45) is 0.356. The van der Waals surface area contributed by atoms with Crippen molar-refractivity contribution in [1.82, 2.24) is 4.90 Å². The molecule has 1 atom stereocenters. The van der Waals surface area contributed by atoms with Gasteiger partial charge in [0.2, 0.25) is 0 Å². The van der Waals surface area contributed by atoms with Crippen molar-refractivity contribution in [2.24, 2.45) is 0 Å². The number of amides is 1. The normalized spacial score (nSPS) is 11.9. The molecule has 29 heavy (non-hydrogen) atoms. The maximum absolute atomic E-state index is 12.5. The van der Waals surface area contributed by atoms with Crippen LogP contribution in [0.15, 0.2) is 42.5 Å². The Morgan fingerprint density at radius 2 is 1.62 bits per heavy atom. The molecule has 2 rings (SSSR count). The van der Waals surface area contributed by atoms with Gasteiger partial charge in [-0.2, -0.15) is 0 Å². The Labute approximate surface area is 181 Å². The minimum atomic E-state index is -2.53. The molecule has 0 spiro atoms. The molecule has 0 aromatic heterocycles. The molecule has 0 aliphatic carbocycles. The van der Waals surface area contributed by atoms with E-state index in [2.05, 4.69) is 0 Å². The maximum atomic E-state index is 12.5. The molecule has 10 heteroatoms. The van der Waals surface area contributed by atoms with Gasteiger partial charge in [-0.25, -0.2) is 0 Å². The maximum Gasteiger partial charge on any atom is 0.254 e. The number of nitrogens with zero attached hydrogens (tertiary/aromatic N) is 2. The van der Waals surface area contributed by atoms with Crippen LogP contribution in [-0.4, -0.2) is 62.6 Å². The summed E-state index contributed by atoms with van der Waals surface area (Å²) >= 11 is 9.62. The standard InChI is InChI=1S/C19H22Cl2N2O5S/c20-17-3-1-2-14(18(17)21)8-9-23(29(27)28)16-6-4-15(5-7-16)19(26)22(10-12-24)11-13-25/h1-7,24-25H,8-13H2,(H,27,28)/p-1. The average Bonchev–Trinajstić information content (AvgIpc) is 2.70. The predicted octanol–water partition coefficient (Wildman–Crippen LogP) is 2.26. The van der Waals surface area contributed by atoms with E-state index in [4.69, 9.17) is 33.4 Å². The van der Waals surface area contributed by atoms with Crippen LogP contribution in [-0.2, 0) is 17.7 Å².